The minimum Gasteiger partial charge on any atom is -0.310 e. The molecule has 104 valence electrons. The van der Waals surface area contributed by atoms with Gasteiger partial charge in [-0.25, -0.2) is 0 Å². The number of benzene rings is 2. The number of nitrogens with one attached hydrogen (secondary N) is 1. The molecule has 2 fully saturated rings. The molecule has 1 N–H and O–H groups in total. The van der Waals surface area contributed by atoms with Gasteiger partial charge in [-0.15, -0.1) is 0 Å². The second-order valence-electron chi connectivity index (χ2n) is 6.63. The Labute approximate surface area is 121 Å². The number of fused-ring (bicyclic) bond motifs is 2. The molecular formula is C19H23N. The maximum atomic E-state index is 3.75. The topological polar surface area (TPSA) is 12.0 Å². The second-order valence-corrected chi connectivity index (χ2v) is 6.63. The molecule has 3 atom stereocenters. The largest absolute Gasteiger partial charge is 0.310 e. The summed E-state index contributed by atoms with van der Waals surface area (Å²) >= 11 is 0. The molecule has 3 unspecified atom stereocenters. The number of hydrogen-bond donors (Lipinski definition) is 1. The molecule has 1 heteroatoms. The minimum absolute atomic E-state index is 0.553. The molecule has 0 radical (unpaired) electrons. The Morgan fingerprint density at radius 1 is 1.00 bits per heavy atom. The van der Waals surface area contributed by atoms with Crippen molar-refractivity contribution >= 4 is 10.8 Å². The highest BCUT2D eigenvalue weighted by molar-refractivity contribution is 5.83. The van der Waals surface area contributed by atoms with Gasteiger partial charge >= 0.3 is 0 Å². The smallest absolute Gasteiger partial charge is 0.0348 e. The molecule has 0 spiro atoms. The lowest BCUT2D eigenvalue weighted by Gasteiger charge is -2.26. The zero-order valence-corrected chi connectivity index (χ0v) is 12.2. The fourth-order valence-corrected chi connectivity index (χ4v) is 4.21. The fraction of sp³-hybridized carbons (Fsp3) is 0.474. The summed E-state index contributed by atoms with van der Waals surface area (Å²) in [5.41, 5.74) is 1.48. The number of rotatable bonds is 4. The van der Waals surface area contributed by atoms with Crippen LogP contribution >= 0.6 is 0 Å². The van der Waals surface area contributed by atoms with Gasteiger partial charge < -0.3 is 5.32 Å². The Hall–Kier alpha value is -1.34. The Morgan fingerprint density at radius 2 is 1.75 bits per heavy atom. The van der Waals surface area contributed by atoms with E-state index in [0.29, 0.717) is 6.04 Å². The summed E-state index contributed by atoms with van der Waals surface area (Å²) < 4.78 is 0. The van der Waals surface area contributed by atoms with Crippen LogP contribution in [0.3, 0.4) is 0 Å². The fourth-order valence-electron chi connectivity index (χ4n) is 4.21. The summed E-state index contributed by atoms with van der Waals surface area (Å²) in [6.07, 6.45) is 4.39. The Kier molecular flexibility index (Phi) is 3.03. The molecule has 1 nitrogen and oxygen atoms in total. The third kappa shape index (κ3) is 2.14. The summed E-state index contributed by atoms with van der Waals surface area (Å²) in [6.45, 7) is 3.28. The van der Waals surface area contributed by atoms with E-state index in [1.165, 1.54) is 35.6 Å². The van der Waals surface area contributed by atoms with E-state index in [1.54, 1.807) is 0 Å². The van der Waals surface area contributed by atoms with E-state index < -0.39 is 0 Å². The molecule has 2 aliphatic carbocycles. The van der Waals surface area contributed by atoms with Crippen LogP contribution in [0.5, 0.6) is 0 Å². The van der Waals surface area contributed by atoms with E-state index in [0.717, 1.165) is 24.3 Å². The van der Waals surface area contributed by atoms with Crippen LogP contribution in [0.25, 0.3) is 10.8 Å². The van der Waals surface area contributed by atoms with Crippen molar-refractivity contribution in [3.63, 3.8) is 0 Å². The van der Waals surface area contributed by atoms with Crippen molar-refractivity contribution in [1.82, 2.24) is 5.32 Å². The van der Waals surface area contributed by atoms with Crippen LogP contribution in [0.1, 0.15) is 37.8 Å². The molecule has 4 rings (SSSR count). The van der Waals surface area contributed by atoms with Crippen LogP contribution < -0.4 is 5.32 Å². The highest BCUT2D eigenvalue weighted by Crippen LogP contribution is 2.57. The first kappa shape index (κ1) is 12.4. The van der Waals surface area contributed by atoms with E-state index >= 15 is 0 Å². The van der Waals surface area contributed by atoms with Crippen molar-refractivity contribution in [2.24, 2.45) is 17.8 Å². The molecule has 2 aromatic carbocycles. The summed E-state index contributed by atoms with van der Waals surface area (Å²) in [5.74, 6) is 2.96. The van der Waals surface area contributed by atoms with Gasteiger partial charge in [-0.05, 0) is 66.0 Å². The van der Waals surface area contributed by atoms with Gasteiger partial charge in [0.25, 0.3) is 0 Å². The second kappa shape index (κ2) is 4.89. The molecule has 0 heterocycles. The summed E-state index contributed by atoms with van der Waals surface area (Å²) in [6, 6.07) is 16.3. The van der Waals surface area contributed by atoms with Crippen molar-refractivity contribution in [3.8, 4) is 0 Å². The zero-order chi connectivity index (χ0) is 13.5. The maximum Gasteiger partial charge on any atom is 0.0348 e. The van der Waals surface area contributed by atoms with E-state index in [1.807, 2.05) is 0 Å². The standard InChI is InChI=1S/C19H23N/c1-2-20-19(18-11-16-10-17(16)12-18)15-8-7-13-5-3-4-6-14(13)9-15/h3-9,16-20H,2,10-12H2,1H3. The van der Waals surface area contributed by atoms with Crippen LogP contribution in [0.2, 0.25) is 0 Å². The lowest BCUT2D eigenvalue weighted by atomic mass is 9.88. The van der Waals surface area contributed by atoms with Crippen LogP contribution in [-0.2, 0) is 0 Å². The van der Waals surface area contributed by atoms with E-state index in [2.05, 4.69) is 54.7 Å². The van der Waals surface area contributed by atoms with E-state index in [9.17, 15) is 0 Å². The van der Waals surface area contributed by atoms with Gasteiger partial charge in [0.15, 0.2) is 0 Å². The lowest BCUT2D eigenvalue weighted by Crippen LogP contribution is -2.27. The minimum atomic E-state index is 0.553. The van der Waals surface area contributed by atoms with Gasteiger partial charge in [0.2, 0.25) is 0 Å². The first-order valence-electron chi connectivity index (χ1n) is 8.07. The van der Waals surface area contributed by atoms with E-state index in [-0.39, 0.29) is 0 Å². The molecule has 0 bridgehead atoms. The molecule has 0 aliphatic heterocycles. The SMILES string of the molecule is CCNC(c1ccc2ccccc2c1)C1CC2CC2C1. The predicted octanol–water partition coefficient (Wildman–Crippen LogP) is 4.54. The third-order valence-electron chi connectivity index (χ3n) is 5.31. The average Bonchev–Trinajstić information content (AvgIpc) is 3.10. The summed E-state index contributed by atoms with van der Waals surface area (Å²) in [5, 5.41) is 6.47. The molecule has 0 saturated heterocycles. The van der Waals surface area contributed by atoms with Crippen molar-refractivity contribution in [2.75, 3.05) is 6.54 Å². The van der Waals surface area contributed by atoms with Gasteiger partial charge in [-0.1, -0.05) is 43.3 Å². The Morgan fingerprint density at radius 3 is 2.50 bits per heavy atom. The van der Waals surface area contributed by atoms with Gasteiger partial charge in [-0.3, -0.25) is 0 Å². The van der Waals surface area contributed by atoms with Crippen LogP contribution in [0.4, 0.5) is 0 Å². The van der Waals surface area contributed by atoms with Crippen LogP contribution in [-0.4, -0.2) is 6.54 Å². The van der Waals surface area contributed by atoms with Crippen molar-refractivity contribution < 1.29 is 0 Å². The molecular weight excluding hydrogens is 242 g/mol. The summed E-state index contributed by atoms with van der Waals surface area (Å²) in [4.78, 5) is 0. The normalized spacial score (nSPS) is 29.4. The maximum absolute atomic E-state index is 3.75. The molecule has 2 aliphatic rings. The molecule has 20 heavy (non-hydrogen) atoms. The van der Waals surface area contributed by atoms with Gasteiger partial charge in [0, 0.05) is 6.04 Å². The molecule has 2 aromatic rings. The quantitative estimate of drug-likeness (QED) is 0.856. The zero-order valence-electron chi connectivity index (χ0n) is 12.2. The van der Waals surface area contributed by atoms with Crippen molar-refractivity contribution in [3.05, 3.63) is 48.0 Å². The van der Waals surface area contributed by atoms with Gasteiger partial charge in [0.1, 0.15) is 0 Å². The molecule has 0 aromatic heterocycles. The van der Waals surface area contributed by atoms with E-state index in [4.69, 9.17) is 0 Å². The highest BCUT2D eigenvalue weighted by atomic mass is 14.9. The first-order chi connectivity index (χ1) is 9.85. The lowest BCUT2D eigenvalue weighted by molar-refractivity contribution is 0.347. The third-order valence-corrected chi connectivity index (χ3v) is 5.31. The van der Waals surface area contributed by atoms with Gasteiger partial charge in [0.05, 0.1) is 0 Å². The monoisotopic (exact) mass is 265 g/mol. The Balaban J connectivity index is 1.66. The highest BCUT2D eigenvalue weighted by Gasteiger charge is 2.47. The number of hydrogen-bond acceptors (Lipinski definition) is 1. The Bertz CT molecular complexity index is 608. The molecule has 0 amide bonds. The first-order valence-corrected chi connectivity index (χ1v) is 8.07. The van der Waals surface area contributed by atoms with Crippen LogP contribution in [0.15, 0.2) is 42.5 Å². The van der Waals surface area contributed by atoms with Crippen LogP contribution in [0, 0.1) is 17.8 Å². The van der Waals surface area contributed by atoms with Crippen molar-refractivity contribution in [2.45, 2.75) is 32.2 Å². The van der Waals surface area contributed by atoms with Crippen molar-refractivity contribution in [1.29, 1.82) is 0 Å². The predicted molar refractivity (Wildman–Crippen MR) is 84.7 cm³/mol. The summed E-state index contributed by atoms with van der Waals surface area (Å²) in [7, 11) is 0. The average molecular weight is 265 g/mol. The van der Waals surface area contributed by atoms with Gasteiger partial charge in [-0.2, -0.15) is 0 Å². The molecule has 2 saturated carbocycles.